The van der Waals surface area contributed by atoms with Gasteiger partial charge in [-0.05, 0) is 18.6 Å². The lowest BCUT2D eigenvalue weighted by molar-refractivity contribution is -0.137. The number of carboxylic acids is 1. The van der Waals surface area contributed by atoms with Gasteiger partial charge in [0.2, 0.25) is 0 Å². The highest BCUT2D eigenvalue weighted by atomic mass is 35.5. The summed E-state index contributed by atoms with van der Waals surface area (Å²) < 4.78 is 1.58. The molecule has 0 fully saturated rings. The highest BCUT2D eigenvalue weighted by molar-refractivity contribution is 6.42. The van der Waals surface area contributed by atoms with Crippen molar-refractivity contribution >= 4 is 40.2 Å². The third-order valence-corrected chi connectivity index (χ3v) is 3.44. The molecule has 2 N–H and O–H groups in total. The van der Waals surface area contributed by atoms with E-state index in [-0.39, 0.29) is 13.2 Å². The van der Waals surface area contributed by atoms with Gasteiger partial charge >= 0.3 is 5.97 Å². The second kappa shape index (κ2) is 5.77. The monoisotopic (exact) mass is 302 g/mol. The molecule has 0 aliphatic heterocycles. The SMILES string of the molecule is O=C(O)Cn1c(CCCO)nc2cc(Cl)c(Cl)cc21. The van der Waals surface area contributed by atoms with Gasteiger partial charge < -0.3 is 14.8 Å². The first kappa shape index (κ1) is 14.1. The number of carbonyl (C=O) groups is 1. The molecule has 1 aromatic heterocycles. The van der Waals surface area contributed by atoms with Gasteiger partial charge in [0.05, 0.1) is 21.1 Å². The van der Waals surface area contributed by atoms with E-state index in [9.17, 15) is 4.79 Å². The molecule has 0 aliphatic carbocycles. The van der Waals surface area contributed by atoms with Crippen molar-refractivity contribution in [2.75, 3.05) is 6.61 Å². The molecule has 1 aromatic carbocycles. The fourth-order valence-corrected chi connectivity index (χ4v) is 2.23. The fourth-order valence-electron chi connectivity index (χ4n) is 1.91. The number of benzene rings is 1. The molecule has 0 radical (unpaired) electrons. The summed E-state index contributed by atoms with van der Waals surface area (Å²) in [6.45, 7) is -0.174. The number of aliphatic carboxylic acids is 1. The number of aliphatic hydroxyl groups is 1. The Kier molecular flexibility index (Phi) is 4.29. The minimum Gasteiger partial charge on any atom is -0.480 e. The van der Waals surface area contributed by atoms with Crippen LogP contribution in [-0.2, 0) is 17.8 Å². The standard InChI is InChI=1S/C12H12Cl2N2O3/c13-7-4-9-10(5-8(7)14)16(6-12(18)19)11(15-9)2-1-3-17/h4-5,17H,1-3,6H2,(H,18,19). The van der Waals surface area contributed by atoms with Crippen LogP contribution in [0.1, 0.15) is 12.2 Å². The predicted molar refractivity (Wildman–Crippen MR) is 72.8 cm³/mol. The molecule has 5 nitrogen and oxygen atoms in total. The number of hydrogen-bond acceptors (Lipinski definition) is 3. The van der Waals surface area contributed by atoms with Gasteiger partial charge in [-0.2, -0.15) is 0 Å². The average Bonchev–Trinajstić information content (AvgIpc) is 2.65. The van der Waals surface area contributed by atoms with Gasteiger partial charge in [-0.3, -0.25) is 4.79 Å². The third-order valence-electron chi connectivity index (χ3n) is 2.72. The molecule has 2 aromatic rings. The number of hydrogen-bond donors (Lipinski definition) is 2. The van der Waals surface area contributed by atoms with Crippen LogP contribution < -0.4 is 0 Å². The van der Waals surface area contributed by atoms with Crippen LogP contribution in [0.2, 0.25) is 10.0 Å². The quantitative estimate of drug-likeness (QED) is 0.889. The summed E-state index contributed by atoms with van der Waals surface area (Å²) in [5.74, 6) is -0.361. The third kappa shape index (κ3) is 3.00. The molecule has 0 aliphatic rings. The van der Waals surface area contributed by atoms with Gasteiger partial charge in [0.1, 0.15) is 12.4 Å². The predicted octanol–water partition coefficient (Wildman–Crippen LogP) is 2.35. The van der Waals surface area contributed by atoms with Gasteiger partial charge in [0.15, 0.2) is 0 Å². The molecule has 0 amide bonds. The molecule has 102 valence electrons. The first-order valence-electron chi connectivity index (χ1n) is 5.69. The maximum Gasteiger partial charge on any atom is 0.323 e. The van der Waals surface area contributed by atoms with Gasteiger partial charge in [-0.1, -0.05) is 23.2 Å². The Bertz CT molecular complexity index is 625. The fraction of sp³-hybridized carbons (Fsp3) is 0.333. The Labute approximate surface area is 119 Å². The minimum atomic E-state index is -0.962. The number of carboxylic acid groups (broad SMARTS) is 1. The lowest BCUT2D eigenvalue weighted by Crippen LogP contribution is -2.12. The van der Waals surface area contributed by atoms with Gasteiger partial charge in [-0.25, -0.2) is 4.98 Å². The van der Waals surface area contributed by atoms with E-state index in [4.69, 9.17) is 33.4 Å². The van der Waals surface area contributed by atoms with Gasteiger partial charge in [0, 0.05) is 13.0 Å². The second-order valence-corrected chi connectivity index (χ2v) is 4.90. The zero-order valence-corrected chi connectivity index (χ0v) is 11.4. The van der Waals surface area contributed by atoms with Crippen molar-refractivity contribution in [1.29, 1.82) is 0 Å². The number of aromatic nitrogens is 2. The highest BCUT2D eigenvalue weighted by Crippen LogP contribution is 2.28. The highest BCUT2D eigenvalue weighted by Gasteiger charge is 2.14. The summed E-state index contributed by atoms with van der Waals surface area (Å²) >= 11 is 11.9. The Hall–Kier alpha value is -1.30. The first-order chi connectivity index (χ1) is 9.02. The lowest BCUT2D eigenvalue weighted by atomic mass is 10.3. The molecule has 0 saturated carbocycles. The molecule has 2 rings (SSSR count). The Morgan fingerprint density at radius 2 is 2.00 bits per heavy atom. The first-order valence-corrected chi connectivity index (χ1v) is 6.45. The molecule has 7 heteroatoms. The largest absolute Gasteiger partial charge is 0.480 e. The van der Waals surface area contributed by atoms with Crippen LogP contribution in [0.25, 0.3) is 11.0 Å². The van der Waals surface area contributed by atoms with Crippen molar-refractivity contribution in [3.63, 3.8) is 0 Å². The maximum absolute atomic E-state index is 10.9. The topological polar surface area (TPSA) is 75.3 Å². The molecule has 0 bridgehead atoms. The number of aryl methyl sites for hydroxylation is 1. The molecule has 0 unspecified atom stereocenters. The van der Waals surface area contributed by atoms with Crippen LogP contribution in [0.3, 0.4) is 0 Å². The van der Waals surface area contributed by atoms with E-state index < -0.39 is 5.97 Å². The van der Waals surface area contributed by atoms with Crippen molar-refractivity contribution in [2.45, 2.75) is 19.4 Å². The number of rotatable bonds is 5. The van der Waals surface area contributed by atoms with E-state index in [0.717, 1.165) is 0 Å². The van der Waals surface area contributed by atoms with Crippen LogP contribution in [0.5, 0.6) is 0 Å². The van der Waals surface area contributed by atoms with Crippen LogP contribution in [0.15, 0.2) is 12.1 Å². The minimum absolute atomic E-state index is 0.0256. The average molecular weight is 303 g/mol. The summed E-state index contributed by atoms with van der Waals surface area (Å²) in [6, 6.07) is 3.22. The van der Waals surface area contributed by atoms with Crippen molar-refractivity contribution in [3.8, 4) is 0 Å². The Morgan fingerprint density at radius 3 is 2.63 bits per heavy atom. The summed E-state index contributed by atoms with van der Waals surface area (Å²) in [5.41, 5.74) is 1.23. The summed E-state index contributed by atoms with van der Waals surface area (Å²) in [7, 11) is 0. The van der Waals surface area contributed by atoms with Crippen LogP contribution in [0.4, 0.5) is 0 Å². The number of halogens is 2. The summed E-state index contributed by atoms with van der Waals surface area (Å²) in [6.07, 6.45) is 1.01. The van der Waals surface area contributed by atoms with Crippen molar-refractivity contribution in [2.24, 2.45) is 0 Å². The molecular formula is C12H12Cl2N2O3. The lowest BCUT2D eigenvalue weighted by Gasteiger charge is -2.06. The zero-order chi connectivity index (χ0) is 14.0. The molecule has 0 spiro atoms. The van der Waals surface area contributed by atoms with Crippen LogP contribution in [0, 0.1) is 0 Å². The smallest absolute Gasteiger partial charge is 0.323 e. The van der Waals surface area contributed by atoms with Crippen LogP contribution >= 0.6 is 23.2 Å². The second-order valence-electron chi connectivity index (χ2n) is 4.09. The van der Waals surface area contributed by atoms with Gasteiger partial charge in [-0.15, -0.1) is 0 Å². The Balaban J connectivity index is 2.55. The summed E-state index contributed by atoms with van der Waals surface area (Å²) in [5, 5.41) is 18.6. The maximum atomic E-state index is 10.9. The van der Waals surface area contributed by atoms with Crippen LogP contribution in [-0.4, -0.2) is 32.3 Å². The Morgan fingerprint density at radius 1 is 1.32 bits per heavy atom. The number of imidazole rings is 1. The molecule has 0 atom stereocenters. The number of nitrogens with zero attached hydrogens (tertiary/aromatic N) is 2. The molecule has 0 saturated heterocycles. The number of aliphatic hydroxyl groups excluding tert-OH is 1. The number of fused-ring (bicyclic) bond motifs is 1. The molecule has 1 heterocycles. The van der Waals surface area contributed by atoms with E-state index in [0.29, 0.717) is 39.7 Å². The van der Waals surface area contributed by atoms with Crippen molar-refractivity contribution in [1.82, 2.24) is 9.55 Å². The zero-order valence-electron chi connectivity index (χ0n) is 9.94. The van der Waals surface area contributed by atoms with E-state index >= 15 is 0 Å². The molecular weight excluding hydrogens is 291 g/mol. The molecule has 19 heavy (non-hydrogen) atoms. The van der Waals surface area contributed by atoms with Crippen molar-refractivity contribution in [3.05, 3.63) is 28.0 Å². The van der Waals surface area contributed by atoms with E-state index in [1.807, 2.05) is 0 Å². The van der Waals surface area contributed by atoms with Crippen molar-refractivity contribution < 1.29 is 15.0 Å². The van der Waals surface area contributed by atoms with Gasteiger partial charge in [0.25, 0.3) is 0 Å². The van der Waals surface area contributed by atoms with E-state index in [1.54, 1.807) is 16.7 Å². The normalized spacial score (nSPS) is 11.1. The summed E-state index contributed by atoms with van der Waals surface area (Å²) in [4.78, 5) is 15.3. The van der Waals surface area contributed by atoms with E-state index in [1.165, 1.54) is 0 Å². The van der Waals surface area contributed by atoms with E-state index in [2.05, 4.69) is 4.98 Å².